The molecule has 4 heteroatoms. The fourth-order valence-corrected chi connectivity index (χ4v) is 5.16. The molecule has 0 spiro atoms. The predicted molar refractivity (Wildman–Crippen MR) is 105 cm³/mol. The minimum atomic E-state index is 0.311. The Bertz CT molecular complexity index is 674. The quantitative estimate of drug-likeness (QED) is 0.745. The van der Waals surface area contributed by atoms with Gasteiger partial charge in [0.1, 0.15) is 12.4 Å². The number of allylic oxidation sites excluding steroid dienone is 2. The number of nitrogens with zero attached hydrogens (tertiary/aromatic N) is 3. The van der Waals surface area contributed by atoms with E-state index in [9.17, 15) is 0 Å². The van der Waals surface area contributed by atoms with Gasteiger partial charge in [0.15, 0.2) is 0 Å². The molecule has 4 rings (SSSR count). The van der Waals surface area contributed by atoms with E-state index < -0.39 is 0 Å². The molecule has 4 nitrogen and oxygen atoms in total. The molecule has 0 bridgehead atoms. The van der Waals surface area contributed by atoms with Gasteiger partial charge in [0.2, 0.25) is 5.88 Å². The molecule has 142 valence electrons. The Balaban J connectivity index is 1.51. The van der Waals surface area contributed by atoms with Crippen LogP contribution in [0.1, 0.15) is 76.0 Å². The molecule has 1 unspecified atom stereocenters. The van der Waals surface area contributed by atoms with Gasteiger partial charge in [-0.25, -0.2) is 9.97 Å². The van der Waals surface area contributed by atoms with Crippen LogP contribution in [0.5, 0.6) is 5.88 Å². The van der Waals surface area contributed by atoms with E-state index in [0.29, 0.717) is 18.1 Å². The standard InChI is InChI=1S/C22H33N3O/c1-4-5-6-15-7-8-16-13-19-21(20(15)16)22(24-14-23-19)26-18-11-9-17(10-12-18)25(2)3/h14-15,17-18H,4-13H2,1-3H3/t15?,17-,18-. The van der Waals surface area contributed by atoms with Crippen molar-refractivity contribution >= 4 is 5.57 Å². The minimum absolute atomic E-state index is 0.311. The van der Waals surface area contributed by atoms with Gasteiger partial charge >= 0.3 is 0 Å². The fourth-order valence-electron chi connectivity index (χ4n) is 5.16. The third-order valence-corrected chi connectivity index (χ3v) is 6.68. The number of rotatable bonds is 6. The van der Waals surface area contributed by atoms with Crippen LogP contribution in [0.4, 0.5) is 0 Å². The summed E-state index contributed by atoms with van der Waals surface area (Å²) in [6.07, 6.45) is 14.2. The lowest BCUT2D eigenvalue weighted by molar-refractivity contribution is 0.107. The molecule has 26 heavy (non-hydrogen) atoms. The highest BCUT2D eigenvalue weighted by Crippen LogP contribution is 2.50. The van der Waals surface area contributed by atoms with Crippen molar-refractivity contribution in [3.63, 3.8) is 0 Å². The summed E-state index contributed by atoms with van der Waals surface area (Å²) in [7, 11) is 4.38. The zero-order valence-corrected chi connectivity index (χ0v) is 16.6. The summed E-state index contributed by atoms with van der Waals surface area (Å²) < 4.78 is 6.48. The minimum Gasteiger partial charge on any atom is -0.474 e. The summed E-state index contributed by atoms with van der Waals surface area (Å²) in [5, 5.41) is 0. The summed E-state index contributed by atoms with van der Waals surface area (Å²) in [5.74, 6) is 1.57. The van der Waals surface area contributed by atoms with Crippen LogP contribution in [-0.4, -0.2) is 41.1 Å². The second-order valence-corrected chi connectivity index (χ2v) is 8.58. The van der Waals surface area contributed by atoms with Gasteiger partial charge in [0.05, 0.1) is 11.3 Å². The Kier molecular flexibility index (Phi) is 5.30. The van der Waals surface area contributed by atoms with Crippen molar-refractivity contribution < 1.29 is 4.74 Å². The van der Waals surface area contributed by atoms with Crippen molar-refractivity contribution in [1.82, 2.24) is 14.9 Å². The Morgan fingerprint density at radius 2 is 1.92 bits per heavy atom. The Labute approximate surface area is 158 Å². The largest absolute Gasteiger partial charge is 0.474 e. The fraction of sp³-hybridized carbons (Fsp3) is 0.727. The van der Waals surface area contributed by atoms with Gasteiger partial charge in [-0.15, -0.1) is 0 Å². The third kappa shape index (κ3) is 3.40. The van der Waals surface area contributed by atoms with E-state index in [4.69, 9.17) is 4.74 Å². The van der Waals surface area contributed by atoms with Crippen molar-refractivity contribution in [2.45, 2.75) is 83.3 Å². The van der Waals surface area contributed by atoms with Crippen LogP contribution < -0.4 is 4.74 Å². The van der Waals surface area contributed by atoms with E-state index in [0.717, 1.165) is 25.1 Å². The van der Waals surface area contributed by atoms with Crippen molar-refractivity contribution in [3.05, 3.63) is 23.2 Å². The SMILES string of the molecule is CCCCC1CCC2=C1c1c(ncnc1O[C@H]1CC[C@H](N(C)C)CC1)C2. The number of hydrogen-bond donors (Lipinski definition) is 0. The molecule has 1 heterocycles. The average Bonchev–Trinajstić information content (AvgIpc) is 3.20. The monoisotopic (exact) mass is 355 g/mol. The molecule has 0 amide bonds. The van der Waals surface area contributed by atoms with Crippen molar-refractivity contribution in [3.8, 4) is 5.88 Å². The van der Waals surface area contributed by atoms with Crippen LogP contribution >= 0.6 is 0 Å². The van der Waals surface area contributed by atoms with E-state index in [1.807, 2.05) is 0 Å². The lowest BCUT2D eigenvalue weighted by Gasteiger charge is -2.32. The van der Waals surface area contributed by atoms with Crippen molar-refractivity contribution in [2.75, 3.05) is 14.1 Å². The second-order valence-electron chi connectivity index (χ2n) is 8.58. The first-order valence-electron chi connectivity index (χ1n) is 10.6. The molecule has 3 aliphatic rings. The van der Waals surface area contributed by atoms with Gasteiger partial charge in [-0.3, -0.25) is 0 Å². The van der Waals surface area contributed by atoms with Gasteiger partial charge in [0, 0.05) is 12.5 Å². The number of unbranched alkanes of at least 4 members (excludes halogenated alkanes) is 1. The van der Waals surface area contributed by atoms with Crippen LogP contribution in [0, 0.1) is 5.92 Å². The summed E-state index contributed by atoms with van der Waals surface area (Å²) in [5.41, 5.74) is 5.66. The van der Waals surface area contributed by atoms with Crippen LogP contribution in [0.3, 0.4) is 0 Å². The molecule has 1 aromatic rings. The highest BCUT2D eigenvalue weighted by molar-refractivity contribution is 5.81. The Morgan fingerprint density at radius 3 is 2.65 bits per heavy atom. The first-order chi connectivity index (χ1) is 12.7. The smallest absolute Gasteiger partial charge is 0.224 e. The van der Waals surface area contributed by atoms with Gasteiger partial charge in [-0.1, -0.05) is 25.3 Å². The van der Waals surface area contributed by atoms with Crippen LogP contribution in [-0.2, 0) is 6.42 Å². The zero-order valence-electron chi connectivity index (χ0n) is 16.6. The summed E-state index contributed by atoms with van der Waals surface area (Å²) in [6, 6.07) is 0.702. The first-order valence-corrected chi connectivity index (χ1v) is 10.6. The Morgan fingerprint density at radius 1 is 1.12 bits per heavy atom. The summed E-state index contributed by atoms with van der Waals surface area (Å²) in [6.45, 7) is 2.29. The molecule has 0 aliphatic heterocycles. The number of hydrogen-bond acceptors (Lipinski definition) is 4. The molecule has 1 atom stereocenters. The van der Waals surface area contributed by atoms with Crippen molar-refractivity contribution in [2.24, 2.45) is 5.92 Å². The van der Waals surface area contributed by atoms with Crippen molar-refractivity contribution in [1.29, 1.82) is 0 Å². The van der Waals surface area contributed by atoms with Gasteiger partial charge in [0.25, 0.3) is 0 Å². The predicted octanol–water partition coefficient (Wildman–Crippen LogP) is 4.64. The summed E-state index contributed by atoms with van der Waals surface area (Å²) in [4.78, 5) is 11.6. The number of fused-ring (bicyclic) bond motifs is 2. The molecule has 0 N–H and O–H groups in total. The molecule has 1 aromatic heterocycles. The molecule has 0 saturated heterocycles. The molecular weight excluding hydrogens is 322 g/mol. The van der Waals surface area contributed by atoms with Crippen LogP contribution in [0.2, 0.25) is 0 Å². The lowest BCUT2D eigenvalue weighted by atomic mass is 9.91. The maximum Gasteiger partial charge on any atom is 0.224 e. The number of aromatic nitrogens is 2. The summed E-state index contributed by atoms with van der Waals surface area (Å²) >= 11 is 0. The van der Waals surface area contributed by atoms with E-state index in [1.54, 1.807) is 17.5 Å². The van der Waals surface area contributed by atoms with E-state index in [-0.39, 0.29) is 0 Å². The highest BCUT2D eigenvalue weighted by Gasteiger charge is 2.36. The second kappa shape index (κ2) is 7.67. The molecule has 3 aliphatic carbocycles. The van der Waals surface area contributed by atoms with Gasteiger partial charge in [-0.2, -0.15) is 0 Å². The Hall–Kier alpha value is -1.42. The topological polar surface area (TPSA) is 38.3 Å². The van der Waals surface area contributed by atoms with Crippen LogP contribution in [0.15, 0.2) is 11.9 Å². The van der Waals surface area contributed by atoms with E-state index >= 15 is 0 Å². The average molecular weight is 356 g/mol. The maximum absolute atomic E-state index is 6.48. The molecule has 1 fully saturated rings. The van der Waals surface area contributed by atoms with Crippen LogP contribution in [0.25, 0.3) is 5.57 Å². The normalized spacial score (nSPS) is 27.8. The number of ether oxygens (including phenoxy) is 1. The van der Waals surface area contributed by atoms with Gasteiger partial charge < -0.3 is 9.64 Å². The maximum atomic E-state index is 6.48. The molecule has 0 radical (unpaired) electrons. The molecule has 1 saturated carbocycles. The van der Waals surface area contributed by atoms with E-state index in [1.165, 1.54) is 56.2 Å². The zero-order chi connectivity index (χ0) is 18.1. The highest BCUT2D eigenvalue weighted by atomic mass is 16.5. The van der Waals surface area contributed by atoms with E-state index in [2.05, 4.69) is 35.9 Å². The lowest BCUT2D eigenvalue weighted by Crippen LogP contribution is -2.35. The molecule has 0 aromatic carbocycles. The molecular formula is C22H33N3O. The van der Waals surface area contributed by atoms with Gasteiger partial charge in [-0.05, 0) is 70.5 Å². The first kappa shape index (κ1) is 18.0. The third-order valence-electron chi connectivity index (χ3n) is 6.68.